The molecule has 0 saturated heterocycles. The summed E-state index contributed by atoms with van der Waals surface area (Å²) in [5.74, 6) is -0.998. The Hall–Kier alpha value is -1.00. The number of aliphatic carboxylic acids is 1. The first kappa shape index (κ1) is 10.5. The maximum absolute atomic E-state index is 10.7. The Morgan fingerprint density at radius 2 is 2.40 bits per heavy atom. The second kappa shape index (κ2) is 3.54. The van der Waals surface area contributed by atoms with Gasteiger partial charge in [0.25, 0.3) is 0 Å². The third-order valence-corrected chi connectivity index (χ3v) is 3.23. The standard InChI is InChI=1S/C10H12ClNO3/c11-9-6-2-1-3-10(15,4-8(13)14)7(6)5-12-9/h5,12,15H,1-4H2,(H,13,14). The van der Waals surface area contributed by atoms with E-state index in [0.29, 0.717) is 17.1 Å². The zero-order chi connectivity index (χ0) is 11.1. The van der Waals surface area contributed by atoms with Crippen LogP contribution in [0.25, 0.3) is 0 Å². The lowest BCUT2D eigenvalue weighted by molar-refractivity contribution is -0.143. The van der Waals surface area contributed by atoms with Gasteiger partial charge in [0.1, 0.15) is 10.8 Å². The van der Waals surface area contributed by atoms with Gasteiger partial charge in [-0.05, 0) is 24.8 Å². The van der Waals surface area contributed by atoms with Crippen molar-refractivity contribution in [1.82, 2.24) is 4.98 Å². The molecule has 0 bridgehead atoms. The maximum Gasteiger partial charge on any atom is 0.306 e. The normalized spacial score (nSPS) is 24.9. The van der Waals surface area contributed by atoms with Crippen LogP contribution in [0.5, 0.6) is 0 Å². The van der Waals surface area contributed by atoms with Gasteiger partial charge in [0.15, 0.2) is 0 Å². The zero-order valence-corrected chi connectivity index (χ0v) is 8.84. The minimum Gasteiger partial charge on any atom is -0.481 e. The van der Waals surface area contributed by atoms with Crippen LogP contribution in [0.4, 0.5) is 0 Å². The molecule has 1 atom stereocenters. The van der Waals surface area contributed by atoms with Gasteiger partial charge in [-0.2, -0.15) is 0 Å². The molecule has 0 fully saturated rings. The lowest BCUT2D eigenvalue weighted by atomic mass is 9.79. The fraction of sp³-hybridized carbons (Fsp3) is 0.500. The van der Waals surface area contributed by atoms with Crippen LogP contribution < -0.4 is 0 Å². The topological polar surface area (TPSA) is 73.3 Å². The quantitative estimate of drug-likeness (QED) is 0.722. The molecule has 3 N–H and O–H groups in total. The number of aliphatic hydroxyl groups is 1. The molecule has 0 aromatic carbocycles. The summed E-state index contributed by atoms with van der Waals surface area (Å²) >= 11 is 5.91. The van der Waals surface area contributed by atoms with E-state index in [1.807, 2.05) is 0 Å². The smallest absolute Gasteiger partial charge is 0.306 e. The molecule has 1 unspecified atom stereocenters. The van der Waals surface area contributed by atoms with Crippen LogP contribution in [0.3, 0.4) is 0 Å². The minimum absolute atomic E-state index is 0.270. The van der Waals surface area contributed by atoms with Crippen molar-refractivity contribution in [3.8, 4) is 0 Å². The van der Waals surface area contributed by atoms with Crippen LogP contribution in [0.1, 0.15) is 30.4 Å². The van der Waals surface area contributed by atoms with Gasteiger partial charge in [0.2, 0.25) is 0 Å². The van der Waals surface area contributed by atoms with Gasteiger partial charge in [0.05, 0.1) is 6.42 Å². The van der Waals surface area contributed by atoms with E-state index in [4.69, 9.17) is 16.7 Å². The Balaban J connectivity index is 2.40. The second-order valence-corrected chi connectivity index (χ2v) is 4.33. The van der Waals surface area contributed by atoms with Crippen molar-refractivity contribution < 1.29 is 15.0 Å². The van der Waals surface area contributed by atoms with Crippen LogP contribution in [-0.4, -0.2) is 21.2 Å². The van der Waals surface area contributed by atoms with Gasteiger partial charge >= 0.3 is 5.97 Å². The summed E-state index contributed by atoms with van der Waals surface area (Å²) in [5.41, 5.74) is 0.232. The van der Waals surface area contributed by atoms with E-state index >= 15 is 0 Å². The lowest BCUT2D eigenvalue weighted by Gasteiger charge is -2.31. The predicted octanol–water partition coefficient (Wildman–Crippen LogP) is 1.67. The molecule has 0 amide bonds. The number of H-pyrrole nitrogens is 1. The van der Waals surface area contributed by atoms with Crippen LogP contribution >= 0.6 is 11.6 Å². The molecule has 1 heterocycles. The average Bonchev–Trinajstić information content (AvgIpc) is 2.48. The fourth-order valence-electron chi connectivity index (χ4n) is 2.21. The summed E-state index contributed by atoms with van der Waals surface area (Å²) in [7, 11) is 0. The largest absolute Gasteiger partial charge is 0.481 e. The molecule has 2 rings (SSSR count). The van der Waals surface area contributed by atoms with E-state index in [9.17, 15) is 9.90 Å². The molecule has 0 spiro atoms. The second-order valence-electron chi connectivity index (χ2n) is 3.95. The van der Waals surface area contributed by atoms with E-state index in [1.54, 1.807) is 6.20 Å². The monoisotopic (exact) mass is 229 g/mol. The molecule has 5 heteroatoms. The van der Waals surface area contributed by atoms with Crippen molar-refractivity contribution >= 4 is 17.6 Å². The van der Waals surface area contributed by atoms with E-state index in [1.165, 1.54) is 0 Å². The zero-order valence-electron chi connectivity index (χ0n) is 8.09. The van der Waals surface area contributed by atoms with E-state index in [2.05, 4.69) is 4.98 Å². The molecule has 4 nitrogen and oxygen atoms in total. The number of aromatic nitrogens is 1. The highest BCUT2D eigenvalue weighted by molar-refractivity contribution is 6.30. The van der Waals surface area contributed by atoms with Gasteiger partial charge in [-0.25, -0.2) is 0 Å². The first-order chi connectivity index (χ1) is 7.03. The summed E-state index contributed by atoms with van der Waals surface area (Å²) < 4.78 is 0. The number of halogens is 1. The Kier molecular flexibility index (Phi) is 2.48. The number of hydrogen-bond acceptors (Lipinski definition) is 2. The van der Waals surface area contributed by atoms with E-state index in [0.717, 1.165) is 18.4 Å². The summed E-state index contributed by atoms with van der Waals surface area (Å²) in [4.78, 5) is 13.5. The number of rotatable bonds is 2. The van der Waals surface area contributed by atoms with Crippen molar-refractivity contribution in [3.63, 3.8) is 0 Å². The number of carbonyl (C=O) groups is 1. The Labute approximate surface area is 91.9 Å². The van der Waals surface area contributed by atoms with Crippen LogP contribution in [0.15, 0.2) is 6.20 Å². The highest BCUT2D eigenvalue weighted by Gasteiger charge is 2.38. The van der Waals surface area contributed by atoms with Crippen LogP contribution in [0.2, 0.25) is 5.15 Å². The number of carboxylic acids is 1. The number of nitrogens with one attached hydrogen (secondary N) is 1. The molecule has 0 saturated carbocycles. The number of hydrogen-bond donors (Lipinski definition) is 3. The highest BCUT2D eigenvalue weighted by Crippen LogP contribution is 2.40. The first-order valence-corrected chi connectivity index (χ1v) is 5.21. The van der Waals surface area contributed by atoms with Crippen LogP contribution in [0, 0.1) is 0 Å². The summed E-state index contributed by atoms with van der Waals surface area (Å²) in [6, 6.07) is 0. The molecule has 0 aliphatic heterocycles. The third-order valence-electron chi connectivity index (χ3n) is 2.90. The SMILES string of the molecule is O=C(O)CC1(O)CCCc2c1c[nH]c2Cl. The van der Waals surface area contributed by atoms with Gasteiger partial charge in [-0.15, -0.1) is 0 Å². The van der Waals surface area contributed by atoms with Crippen molar-refractivity contribution in [2.45, 2.75) is 31.3 Å². The summed E-state index contributed by atoms with van der Waals surface area (Å²) in [5, 5.41) is 19.5. The fourth-order valence-corrected chi connectivity index (χ4v) is 2.46. The average molecular weight is 230 g/mol. The third kappa shape index (κ3) is 1.75. The molecule has 1 aromatic heterocycles. The van der Waals surface area contributed by atoms with E-state index in [-0.39, 0.29) is 6.42 Å². The molecule has 1 aliphatic rings. The Bertz CT molecular complexity index is 401. The first-order valence-electron chi connectivity index (χ1n) is 4.83. The number of aromatic amines is 1. The predicted molar refractivity (Wildman–Crippen MR) is 54.9 cm³/mol. The van der Waals surface area contributed by atoms with Gasteiger partial charge in [-0.3, -0.25) is 4.79 Å². The highest BCUT2D eigenvalue weighted by atomic mass is 35.5. The lowest BCUT2D eigenvalue weighted by Crippen LogP contribution is -2.32. The van der Waals surface area contributed by atoms with Gasteiger partial charge < -0.3 is 15.2 Å². The number of fused-ring (bicyclic) bond motifs is 1. The van der Waals surface area contributed by atoms with Crippen LogP contribution in [-0.2, 0) is 16.8 Å². The molecule has 0 radical (unpaired) electrons. The van der Waals surface area contributed by atoms with Crippen molar-refractivity contribution in [3.05, 3.63) is 22.5 Å². The van der Waals surface area contributed by atoms with Crippen molar-refractivity contribution in [2.75, 3.05) is 0 Å². The van der Waals surface area contributed by atoms with Crippen molar-refractivity contribution in [2.24, 2.45) is 0 Å². The number of carboxylic acid groups (broad SMARTS) is 1. The van der Waals surface area contributed by atoms with Crippen molar-refractivity contribution in [1.29, 1.82) is 0 Å². The Morgan fingerprint density at radius 3 is 3.07 bits per heavy atom. The minimum atomic E-state index is -1.26. The molecule has 82 valence electrons. The van der Waals surface area contributed by atoms with Gasteiger partial charge in [-0.1, -0.05) is 11.6 Å². The molecule has 15 heavy (non-hydrogen) atoms. The molecule has 1 aliphatic carbocycles. The maximum atomic E-state index is 10.7. The summed E-state index contributed by atoms with van der Waals surface area (Å²) in [6.45, 7) is 0. The van der Waals surface area contributed by atoms with Gasteiger partial charge in [0, 0.05) is 11.8 Å². The Morgan fingerprint density at radius 1 is 1.67 bits per heavy atom. The molecule has 1 aromatic rings. The molecular weight excluding hydrogens is 218 g/mol. The summed E-state index contributed by atoms with van der Waals surface area (Å²) in [6.07, 6.45) is 3.36. The molecular formula is C10H12ClNO3. The van der Waals surface area contributed by atoms with E-state index < -0.39 is 11.6 Å².